The van der Waals surface area contributed by atoms with Crippen molar-refractivity contribution in [3.8, 4) is 5.75 Å². The van der Waals surface area contributed by atoms with E-state index in [1.165, 1.54) is 7.11 Å². The van der Waals surface area contributed by atoms with Crippen molar-refractivity contribution in [1.29, 1.82) is 0 Å². The second-order valence-electron chi connectivity index (χ2n) is 13.7. The molecule has 3 atom stereocenters. The molecule has 0 saturated heterocycles. The van der Waals surface area contributed by atoms with Crippen molar-refractivity contribution in [3.63, 3.8) is 0 Å². The first-order valence-corrected chi connectivity index (χ1v) is 16.9. The van der Waals surface area contributed by atoms with E-state index in [1.807, 2.05) is 129 Å². The van der Waals surface area contributed by atoms with Gasteiger partial charge in [0.1, 0.15) is 23.9 Å². The van der Waals surface area contributed by atoms with Crippen LogP contribution in [0.25, 0.3) is 0 Å². The second kappa shape index (κ2) is 17.6. The van der Waals surface area contributed by atoms with Gasteiger partial charge in [-0.05, 0) is 67.5 Å². The van der Waals surface area contributed by atoms with Crippen LogP contribution in [0, 0.1) is 17.8 Å². The second-order valence-corrected chi connectivity index (χ2v) is 13.7. The number of nitrogens with zero attached hydrogens (tertiary/aromatic N) is 1. The number of hydrogen-bond acceptors (Lipinski definition) is 7. The molecule has 4 aromatic carbocycles. The van der Waals surface area contributed by atoms with Crippen molar-refractivity contribution in [2.75, 3.05) is 7.11 Å². The zero-order chi connectivity index (χ0) is 35.4. The summed E-state index contributed by atoms with van der Waals surface area (Å²) in [6.45, 7) is 10.2. The van der Waals surface area contributed by atoms with Gasteiger partial charge in [-0.25, -0.2) is 0 Å². The molecule has 0 saturated carbocycles. The number of carbonyl (C=O) groups is 3. The minimum Gasteiger partial charge on any atom is -0.489 e. The molecule has 0 heterocycles. The molecule has 7 heteroatoms. The summed E-state index contributed by atoms with van der Waals surface area (Å²) >= 11 is 0. The lowest BCUT2D eigenvalue weighted by Gasteiger charge is -2.36. The number of esters is 2. The van der Waals surface area contributed by atoms with Gasteiger partial charge in [0.2, 0.25) is 0 Å². The Morgan fingerprint density at radius 1 is 0.653 bits per heavy atom. The summed E-state index contributed by atoms with van der Waals surface area (Å²) in [6, 6.07) is 36.7. The summed E-state index contributed by atoms with van der Waals surface area (Å²) in [4.78, 5) is 44.5. The molecule has 49 heavy (non-hydrogen) atoms. The van der Waals surface area contributed by atoms with E-state index >= 15 is 4.79 Å². The van der Waals surface area contributed by atoms with E-state index in [2.05, 4.69) is 4.90 Å². The number of benzene rings is 4. The highest BCUT2D eigenvalue weighted by Gasteiger charge is 2.47. The Morgan fingerprint density at radius 2 is 1.14 bits per heavy atom. The molecule has 0 aromatic heterocycles. The number of ketones is 1. The number of carbonyl (C=O) groups excluding carboxylic acids is 3. The van der Waals surface area contributed by atoms with Gasteiger partial charge in [-0.2, -0.15) is 0 Å². The lowest BCUT2D eigenvalue weighted by Crippen LogP contribution is -2.51. The molecule has 0 radical (unpaired) electrons. The van der Waals surface area contributed by atoms with Gasteiger partial charge >= 0.3 is 11.9 Å². The summed E-state index contributed by atoms with van der Waals surface area (Å²) in [5.41, 5.74) is 3.12. The van der Waals surface area contributed by atoms with Gasteiger partial charge in [0.15, 0.2) is 5.78 Å². The van der Waals surface area contributed by atoms with Gasteiger partial charge in [-0.1, -0.05) is 117 Å². The third-order valence-corrected chi connectivity index (χ3v) is 8.34. The minimum atomic E-state index is -1.38. The van der Waals surface area contributed by atoms with E-state index < -0.39 is 35.4 Å². The maximum atomic E-state index is 15.1. The first-order chi connectivity index (χ1) is 23.4. The standard InChI is InChI=1S/C42H49NO6/c1-30(2)37(40(45)47-6)38(41(46)49-42(3,4)5)39(44)36(26-31-22-24-35(25-23-31)48-29-34-20-14-9-15-21-34)43(27-32-16-10-7-11-17-32)28-33-18-12-8-13-19-33/h7-25,30,36-38H,26-29H2,1-6H3/t36-,37+,38?/m0/s1. The fourth-order valence-electron chi connectivity index (χ4n) is 5.95. The average Bonchev–Trinajstić information content (AvgIpc) is 3.08. The van der Waals surface area contributed by atoms with Gasteiger partial charge in [0.25, 0.3) is 0 Å². The number of rotatable bonds is 16. The molecule has 0 bridgehead atoms. The average molecular weight is 664 g/mol. The van der Waals surface area contributed by atoms with Crippen LogP contribution in [0.2, 0.25) is 0 Å². The minimum absolute atomic E-state index is 0.294. The van der Waals surface area contributed by atoms with Crippen molar-refractivity contribution in [1.82, 2.24) is 4.90 Å². The van der Waals surface area contributed by atoms with Crippen LogP contribution in [0.5, 0.6) is 5.75 Å². The fourth-order valence-corrected chi connectivity index (χ4v) is 5.95. The molecular weight excluding hydrogens is 614 g/mol. The fraction of sp³-hybridized carbons (Fsp3) is 0.357. The van der Waals surface area contributed by atoms with Crippen LogP contribution < -0.4 is 4.74 Å². The summed E-state index contributed by atoms with van der Waals surface area (Å²) < 4.78 is 17.0. The highest BCUT2D eigenvalue weighted by Crippen LogP contribution is 2.31. The van der Waals surface area contributed by atoms with Gasteiger partial charge < -0.3 is 14.2 Å². The summed E-state index contributed by atoms with van der Waals surface area (Å²) in [6.07, 6.45) is 0.294. The normalized spacial score (nSPS) is 13.4. The highest BCUT2D eigenvalue weighted by molar-refractivity contribution is 6.05. The van der Waals surface area contributed by atoms with Crippen LogP contribution in [0.3, 0.4) is 0 Å². The number of Topliss-reactive ketones (excluding diaryl/α,β-unsaturated/α-hetero) is 1. The SMILES string of the molecule is COC(=O)[C@H](C(C)C)C(C(=O)OC(C)(C)C)C(=O)[C@H](Cc1ccc(OCc2ccccc2)cc1)N(Cc1ccccc1)Cc1ccccc1. The molecular formula is C42H49NO6. The summed E-state index contributed by atoms with van der Waals surface area (Å²) in [7, 11) is 1.28. The Morgan fingerprint density at radius 3 is 1.59 bits per heavy atom. The molecule has 0 spiro atoms. The molecule has 0 aliphatic carbocycles. The third kappa shape index (κ3) is 11.1. The van der Waals surface area contributed by atoms with Crippen molar-refractivity contribution >= 4 is 17.7 Å². The van der Waals surface area contributed by atoms with Gasteiger partial charge in [0.05, 0.1) is 19.1 Å². The Hall–Kier alpha value is -4.75. The van der Waals surface area contributed by atoms with Crippen molar-refractivity contribution in [2.24, 2.45) is 17.8 Å². The van der Waals surface area contributed by atoms with Crippen molar-refractivity contribution < 1.29 is 28.6 Å². The number of ether oxygens (including phenoxy) is 3. The highest BCUT2D eigenvalue weighted by atomic mass is 16.6. The molecule has 258 valence electrons. The number of hydrogen-bond donors (Lipinski definition) is 0. The van der Waals surface area contributed by atoms with E-state index in [4.69, 9.17) is 14.2 Å². The third-order valence-electron chi connectivity index (χ3n) is 8.34. The van der Waals surface area contributed by atoms with Crippen LogP contribution >= 0.6 is 0 Å². The smallest absolute Gasteiger partial charge is 0.317 e. The molecule has 4 aromatic rings. The van der Waals surface area contributed by atoms with E-state index in [1.54, 1.807) is 20.8 Å². The van der Waals surface area contributed by atoms with E-state index in [0.29, 0.717) is 31.9 Å². The summed E-state index contributed by atoms with van der Waals surface area (Å²) in [5, 5.41) is 0. The maximum absolute atomic E-state index is 15.1. The largest absolute Gasteiger partial charge is 0.489 e. The van der Waals surface area contributed by atoms with Gasteiger partial charge in [-0.3, -0.25) is 19.3 Å². The van der Waals surface area contributed by atoms with E-state index in [0.717, 1.165) is 22.3 Å². The molecule has 0 aliphatic rings. The maximum Gasteiger partial charge on any atom is 0.317 e. The zero-order valence-corrected chi connectivity index (χ0v) is 29.5. The first-order valence-electron chi connectivity index (χ1n) is 16.9. The van der Waals surface area contributed by atoms with E-state index in [9.17, 15) is 9.59 Å². The molecule has 7 nitrogen and oxygen atoms in total. The molecule has 0 N–H and O–H groups in total. The van der Waals surface area contributed by atoms with Crippen LogP contribution in [-0.2, 0) is 50.0 Å². The van der Waals surface area contributed by atoms with E-state index in [-0.39, 0.29) is 11.7 Å². The molecule has 0 amide bonds. The van der Waals surface area contributed by atoms with Crippen LogP contribution in [0.15, 0.2) is 115 Å². The van der Waals surface area contributed by atoms with Crippen LogP contribution in [0.4, 0.5) is 0 Å². The van der Waals surface area contributed by atoms with Crippen molar-refractivity contribution in [2.45, 2.75) is 72.4 Å². The molecule has 4 rings (SSSR count). The lowest BCUT2D eigenvalue weighted by atomic mass is 9.77. The first kappa shape index (κ1) is 37.1. The predicted octanol–water partition coefficient (Wildman–Crippen LogP) is 7.85. The molecule has 1 unspecified atom stereocenters. The Kier molecular flexibility index (Phi) is 13.3. The van der Waals surface area contributed by atoms with Crippen molar-refractivity contribution in [3.05, 3.63) is 138 Å². The Labute approximate surface area is 291 Å². The van der Waals surface area contributed by atoms with Crippen LogP contribution in [0.1, 0.15) is 56.9 Å². The lowest BCUT2D eigenvalue weighted by molar-refractivity contribution is -0.172. The number of methoxy groups -OCH3 is 1. The quantitative estimate of drug-likeness (QED) is 0.0892. The summed E-state index contributed by atoms with van der Waals surface area (Å²) in [5.74, 6) is -3.79. The molecule has 0 aliphatic heterocycles. The van der Waals surface area contributed by atoms with Gasteiger partial charge in [0, 0.05) is 13.1 Å². The predicted molar refractivity (Wildman–Crippen MR) is 192 cm³/mol. The van der Waals surface area contributed by atoms with Gasteiger partial charge in [-0.15, -0.1) is 0 Å². The van der Waals surface area contributed by atoms with Crippen LogP contribution in [-0.4, -0.2) is 41.4 Å². The molecule has 0 fully saturated rings. The Balaban J connectivity index is 1.77. The topological polar surface area (TPSA) is 82.1 Å². The monoisotopic (exact) mass is 663 g/mol. The Bertz CT molecular complexity index is 1570. The zero-order valence-electron chi connectivity index (χ0n) is 29.5.